The molecule has 1 spiro atoms. The summed E-state index contributed by atoms with van der Waals surface area (Å²) >= 11 is 0. The number of ether oxygens (including phenoxy) is 1. The van der Waals surface area contributed by atoms with Crippen molar-refractivity contribution in [3.8, 4) is 5.75 Å². The summed E-state index contributed by atoms with van der Waals surface area (Å²) in [7, 11) is 1.88. The molecular formula is C22H21N5O4. The number of carbonyl (C=O) groups is 3. The zero-order valence-corrected chi connectivity index (χ0v) is 16.9. The summed E-state index contributed by atoms with van der Waals surface area (Å²) in [5, 5.41) is 5.55. The molecule has 0 saturated carbocycles. The number of para-hydroxylation sites is 3. The first-order chi connectivity index (χ1) is 15.0. The van der Waals surface area contributed by atoms with Gasteiger partial charge in [0, 0.05) is 19.0 Å². The molecule has 1 fully saturated rings. The van der Waals surface area contributed by atoms with Crippen molar-refractivity contribution in [3.63, 3.8) is 0 Å². The van der Waals surface area contributed by atoms with Crippen molar-refractivity contribution in [2.75, 3.05) is 13.2 Å². The zero-order valence-electron chi connectivity index (χ0n) is 16.9. The van der Waals surface area contributed by atoms with Gasteiger partial charge < -0.3 is 19.9 Å². The van der Waals surface area contributed by atoms with Gasteiger partial charge in [-0.3, -0.25) is 14.5 Å². The molecule has 5 rings (SSSR count). The van der Waals surface area contributed by atoms with E-state index in [2.05, 4.69) is 15.6 Å². The number of imidazole rings is 1. The van der Waals surface area contributed by atoms with Gasteiger partial charge in [0.2, 0.25) is 5.91 Å². The second-order valence-corrected chi connectivity index (χ2v) is 7.67. The lowest BCUT2D eigenvalue weighted by atomic mass is 9.84. The van der Waals surface area contributed by atoms with Gasteiger partial charge in [0.1, 0.15) is 18.1 Å². The highest BCUT2D eigenvalue weighted by atomic mass is 16.5. The Morgan fingerprint density at radius 1 is 1.19 bits per heavy atom. The van der Waals surface area contributed by atoms with Gasteiger partial charge in [-0.1, -0.05) is 30.3 Å². The third kappa shape index (κ3) is 3.00. The van der Waals surface area contributed by atoms with Crippen molar-refractivity contribution >= 4 is 28.9 Å². The second-order valence-electron chi connectivity index (χ2n) is 7.67. The van der Waals surface area contributed by atoms with Crippen molar-refractivity contribution in [2.24, 2.45) is 7.05 Å². The first-order valence-corrected chi connectivity index (χ1v) is 10.0. The fraction of sp³-hybridized carbons (Fsp3) is 0.273. The summed E-state index contributed by atoms with van der Waals surface area (Å²) in [6, 6.07) is 14.2. The van der Waals surface area contributed by atoms with Crippen LogP contribution in [0, 0.1) is 0 Å². The molecule has 9 nitrogen and oxygen atoms in total. The number of fused-ring (bicyclic) bond motifs is 3. The summed E-state index contributed by atoms with van der Waals surface area (Å²) in [6.07, 6.45) is 0.312. The average Bonchev–Trinajstić information content (AvgIpc) is 3.22. The van der Waals surface area contributed by atoms with E-state index in [-0.39, 0.29) is 13.1 Å². The van der Waals surface area contributed by atoms with E-state index < -0.39 is 23.4 Å². The van der Waals surface area contributed by atoms with E-state index in [9.17, 15) is 14.4 Å². The van der Waals surface area contributed by atoms with Gasteiger partial charge in [-0.15, -0.1) is 0 Å². The third-order valence-corrected chi connectivity index (χ3v) is 5.88. The Bertz CT molecular complexity index is 1220. The topological polar surface area (TPSA) is 106 Å². The van der Waals surface area contributed by atoms with Crippen LogP contribution < -0.4 is 15.4 Å². The summed E-state index contributed by atoms with van der Waals surface area (Å²) in [6.45, 7) is 0.130. The molecule has 0 aliphatic carbocycles. The van der Waals surface area contributed by atoms with Crippen LogP contribution in [-0.2, 0) is 28.7 Å². The summed E-state index contributed by atoms with van der Waals surface area (Å²) in [4.78, 5) is 43.9. The van der Waals surface area contributed by atoms with E-state index in [1.165, 1.54) is 0 Å². The van der Waals surface area contributed by atoms with Crippen molar-refractivity contribution in [1.82, 2.24) is 25.1 Å². The molecular weight excluding hydrogens is 398 g/mol. The number of nitrogens with zero attached hydrogens (tertiary/aromatic N) is 3. The Kier molecular flexibility index (Phi) is 4.39. The number of hydrogen-bond acceptors (Lipinski definition) is 5. The number of carbonyl (C=O) groups excluding carboxylic acids is 3. The first kappa shape index (κ1) is 19.1. The molecule has 0 unspecified atom stereocenters. The Labute approximate surface area is 178 Å². The number of hydrogen-bond donors (Lipinski definition) is 2. The minimum atomic E-state index is -1.19. The molecule has 0 bridgehead atoms. The number of nitrogens with one attached hydrogen (secondary N) is 2. The maximum atomic E-state index is 13.2. The van der Waals surface area contributed by atoms with Gasteiger partial charge >= 0.3 is 6.03 Å². The highest BCUT2D eigenvalue weighted by Gasteiger charge is 2.55. The molecule has 4 amide bonds. The number of amides is 4. The number of aryl methyl sites for hydroxylation is 1. The number of aromatic nitrogens is 2. The zero-order chi connectivity index (χ0) is 21.6. The van der Waals surface area contributed by atoms with Gasteiger partial charge in [-0.25, -0.2) is 9.78 Å². The van der Waals surface area contributed by atoms with Crippen LogP contribution in [0.15, 0.2) is 48.5 Å². The van der Waals surface area contributed by atoms with Crippen LogP contribution in [0.3, 0.4) is 0 Å². The molecule has 0 radical (unpaired) electrons. The van der Waals surface area contributed by atoms with Crippen LogP contribution in [0.25, 0.3) is 11.0 Å². The van der Waals surface area contributed by atoms with Crippen molar-refractivity contribution in [1.29, 1.82) is 0 Å². The normalized spacial score (nSPS) is 20.0. The van der Waals surface area contributed by atoms with Crippen LogP contribution in [0.2, 0.25) is 0 Å². The molecule has 3 aromatic rings. The molecule has 9 heteroatoms. The lowest BCUT2D eigenvalue weighted by Crippen LogP contribution is -2.48. The van der Waals surface area contributed by atoms with Crippen LogP contribution in [0.4, 0.5) is 4.79 Å². The Morgan fingerprint density at radius 2 is 1.97 bits per heavy atom. The van der Waals surface area contributed by atoms with Crippen molar-refractivity contribution in [3.05, 3.63) is 59.9 Å². The Hall–Kier alpha value is -3.88. The Balaban J connectivity index is 1.30. The molecule has 2 aliphatic heterocycles. The molecule has 31 heavy (non-hydrogen) atoms. The highest BCUT2D eigenvalue weighted by Crippen LogP contribution is 2.40. The van der Waals surface area contributed by atoms with Crippen molar-refractivity contribution in [2.45, 2.75) is 18.5 Å². The highest BCUT2D eigenvalue weighted by molar-refractivity contribution is 6.09. The number of benzene rings is 2. The average molecular weight is 419 g/mol. The molecule has 1 aromatic heterocycles. The number of urea groups is 1. The van der Waals surface area contributed by atoms with E-state index in [0.29, 0.717) is 30.2 Å². The Morgan fingerprint density at radius 3 is 2.81 bits per heavy atom. The van der Waals surface area contributed by atoms with E-state index in [1.54, 1.807) is 18.2 Å². The number of imide groups is 1. The number of rotatable bonds is 4. The first-order valence-electron chi connectivity index (χ1n) is 10.0. The third-order valence-electron chi connectivity index (χ3n) is 5.88. The maximum Gasteiger partial charge on any atom is 0.325 e. The van der Waals surface area contributed by atoms with Crippen LogP contribution in [0.5, 0.6) is 5.75 Å². The van der Waals surface area contributed by atoms with Gasteiger partial charge in [0.25, 0.3) is 5.91 Å². The summed E-state index contributed by atoms with van der Waals surface area (Å²) in [5.41, 5.74) is 1.22. The standard InChI is InChI=1S/C22H21N5O4/c1-26-16-8-4-3-7-15(16)24-18(26)12-23-19(28)13-27-20(29)22(25-21(27)30)10-11-31-17-9-5-2-6-14(17)22/h2-9H,10-13H2,1H3,(H,23,28)(H,25,30)/t22-/m1/s1. The minimum absolute atomic E-state index is 0.190. The lowest BCUT2D eigenvalue weighted by Gasteiger charge is -2.33. The van der Waals surface area contributed by atoms with Gasteiger partial charge in [0.15, 0.2) is 5.54 Å². The molecule has 2 aromatic carbocycles. The molecule has 158 valence electrons. The summed E-state index contributed by atoms with van der Waals surface area (Å²) in [5.74, 6) is 0.371. The van der Waals surface area contributed by atoms with E-state index >= 15 is 0 Å². The maximum absolute atomic E-state index is 13.2. The fourth-order valence-corrected chi connectivity index (χ4v) is 4.25. The quantitative estimate of drug-likeness (QED) is 0.623. The minimum Gasteiger partial charge on any atom is -0.493 e. The molecule has 1 saturated heterocycles. The van der Waals surface area contributed by atoms with Crippen LogP contribution >= 0.6 is 0 Å². The van der Waals surface area contributed by atoms with Crippen LogP contribution in [-0.4, -0.2) is 45.4 Å². The van der Waals surface area contributed by atoms with Gasteiger partial charge in [0.05, 0.1) is 24.2 Å². The summed E-state index contributed by atoms with van der Waals surface area (Å²) < 4.78 is 7.52. The lowest BCUT2D eigenvalue weighted by molar-refractivity contribution is -0.136. The van der Waals surface area contributed by atoms with Gasteiger partial charge in [-0.05, 0) is 18.2 Å². The smallest absolute Gasteiger partial charge is 0.325 e. The van der Waals surface area contributed by atoms with E-state index in [1.807, 2.05) is 41.9 Å². The molecule has 2 aliphatic rings. The van der Waals surface area contributed by atoms with E-state index in [4.69, 9.17) is 4.74 Å². The largest absolute Gasteiger partial charge is 0.493 e. The monoisotopic (exact) mass is 419 g/mol. The molecule has 1 atom stereocenters. The molecule has 2 N–H and O–H groups in total. The SMILES string of the molecule is Cn1c(CNC(=O)CN2C(=O)N[C@@]3(CCOc4ccccc43)C2=O)nc2ccccc21. The molecule has 3 heterocycles. The second kappa shape index (κ2) is 7.12. The van der Waals surface area contributed by atoms with Gasteiger partial charge in [-0.2, -0.15) is 0 Å². The predicted molar refractivity (Wildman–Crippen MR) is 111 cm³/mol. The fourth-order valence-electron chi connectivity index (χ4n) is 4.25. The van der Waals surface area contributed by atoms with Crippen LogP contribution in [0.1, 0.15) is 17.8 Å². The van der Waals surface area contributed by atoms with Crippen molar-refractivity contribution < 1.29 is 19.1 Å². The van der Waals surface area contributed by atoms with E-state index in [0.717, 1.165) is 15.9 Å². The predicted octanol–water partition coefficient (Wildman–Crippen LogP) is 1.42.